The predicted octanol–water partition coefficient (Wildman–Crippen LogP) is 1.42. The van der Waals surface area contributed by atoms with Gasteiger partial charge in [-0.1, -0.05) is 12.8 Å². The highest BCUT2D eigenvalue weighted by Gasteiger charge is 2.14. The maximum atomic E-state index is 5.77. The summed E-state index contributed by atoms with van der Waals surface area (Å²) in [4.78, 5) is 8.57. The van der Waals surface area contributed by atoms with Gasteiger partial charge in [-0.25, -0.2) is 0 Å². The van der Waals surface area contributed by atoms with E-state index in [0.717, 1.165) is 19.1 Å². The quantitative estimate of drug-likeness (QED) is 0.413. The minimum atomic E-state index is 0.498. The molecule has 0 aromatic carbocycles. The summed E-state index contributed by atoms with van der Waals surface area (Å²) in [6, 6.07) is 0. The summed E-state index contributed by atoms with van der Waals surface area (Å²) in [5.41, 5.74) is 0. The zero-order valence-electron chi connectivity index (χ0n) is 11.1. The fourth-order valence-electron chi connectivity index (χ4n) is 2.10. The van der Waals surface area contributed by atoms with Crippen LogP contribution >= 0.6 is 0 Å². The second kappa shape index (κ2) is 6.74. The van der Waals surface area contributed by atoms with Crippen molar-refractivity contribution >= 4 is 5.96 Å². The Hall–Kier alpha value is -0.770. The van der Waals surface area contributed by atoms with Crippen LogP contribution < -0.4 is 0 Å². The first-order valence-electron chi connectivity index (χ1n) is 6.12. The molecule has 0 aliphatic heterocycles. The van der Waals surface area contributed by atoms with Crippen molar-refractivity contribution < 1.29 is 4.74 Å². The molecule has 1 saturated carbocycles. The van der Waals surface area contributed by atoms with Gasteiger partial charge in [0.25, 0.3) is 0 Å². The van der Waals surface area contributed by atoms with Crippen molar-refractivity contribution in [2.75, 3.05) is 41.3 Å². The maximum absolute atomic E-state index is 5.77. The summed E-state index contributed by atoms with van der Waals surface area (Å²) in [5, 5.41) is 0. The Morgan fingerprint density at radius 1 is 1.12 bits per heavy atom. The van der Waals surface area contributed by atoms with Crippen molar-refractivity contribution in [1.82, 2.24) is 9.80 Å². The number of rotatable bonds is 4. The monoisotopic (exact) mass is 227 g/mol. The van der Waals surface area contributed by atoms with Crippen molar-refractivity contribution in [1.29, 1.82) is 0 Å². The van der Waals surface area contributed by atoms with Crippen LogP contribution in [0.4, 0.5) is 0 Å². The first-order chi connectivity index (χ1) is 7.61. The minimum Gasteiger partial charge on any atom is -0.376 e. The first-order valence-corrected chi connectivity index (χ1v) is 6.12. The van der Waals surface area contributed by atoms with Gasteiger partial charge in [0.1, 0.15) is 0 Å². The predicted molar refractivity (Wildman–Crippen MR) is 67.9 cm³/mol. The van der Waals surface area contributed by atoms with Gasteiger partial charge in [0.05, 0.1) is 19.3 Å². The average Bonchev–Trinajstić information content (AvgIpc) is 2.68. The van der Waals surface area contributed by atoms with E-state index in [-0.39, 0.29) is 0 Å². The lowest BCUT2D eigenvalue weighted by atomic mass is 10.3. The first kappa shape index (κ1) is 13.3. The average molecular weight is 227 g/mol. The molecule has 0 bridgehead atoms. The van der Waals surface area contributed by atoms with E-state index in [1.807, 2.05) is 38.0 Å². The summed E-state index contributed by atoms with van der Waals surface area (Å²) >= 11 is 0. The second-order valence-corrected chi connectivity index (χ2v) is 4.75. The van der Waals surface area contributed by atoms with E-state index >= 15 is 0 Å². The number of hydrogen-bond donors (Lipinski definition) is 0. The summed E-state index contributed by atoms with van der Waals surface area (Å²) in [7, 11) is 8.04. The number of guanidine groups is 1. The number of aliphatic imine (C=N–C) groups is 1. The zero-order chi connectivity index (χ0) is 12.0. The van der Waals surface area contributed by atoms with Crippen LogP contribution in [0.3, 0.4) is 0 Å². The molecule has 0 amide bonds. The number of nitrogens with zero attached hydrogens (tertiary/aromatic N) is 3. The summed E-state index contributed by atoms with van der Waals surface area (Å²) in [5.74, 6) is 0.995. The fourth-order valence-corrected chi connectivity index (χ4v) is 2.10. The summed E-state index contributed by atoms with van der Waals surface area (Å²) in [6.45, 7) is 1.50. The number of ether oxygens (including phenoxy) is 1. The van der Waals surface area contributed by atoms with Crippen LogP contribution in [0.15, 0.2) is 4.99 Å². The minimum absolute atomic E-state index is 0.498. The van der Waals surface area contributed by atoms with Crippen LogP contribution in [0.1, 0.15) is 25.7 Å². The van der Waals surface area contributed by atoms with E-state index in [9.17, 15) is 0 Å². The molecular formula is C12H25N3O. The zero-order valence-corrected chi connectivity index (χ0v) is 11.1. The van der Waals surface area contributed by atoms with Crippen LogP contribution in [0.2, 0.25) is 0 Å². The van der Waals surface area contributed by atoms with E-state index in [1.165, 1.54) is 25.7 Å². The highest BCUT2D eigenvalue weighted by Crippen LogP contribution is 2.20. The Balaban J connectivity index is 2.22. The molecule has 1 rings (SSSR count). The van der Waals surface area contributed by atoms with Gasteiger partial charge in [0.15, 0.2) is 5.96 Å². The molecular weight excluding hydrogens is 202 g/mol. The van der Waals surface area contributed by atoms with Gasteiger partial charge in [0.2, 0.25) is 0 Å². The third-order valence-electron chi connectivity index (χ3n) is 2.80. The van der Waals surface area contributed by atoms with Gasteiger partial charge >= 0.3 is 0 Å². The topological polar surface area (TPSA) is 28.1 Å². The van der Waals surface area contributed by atoms with Gasteiger partial charge in [0, 0.05) is 28.2 Å². The smallest absolute Gasteiger partial charge is 0.195 e. The second-order valence-electron chi connectivity index (χ2n) is 4.75. The number of hydrogen-bond acceptors (Lipinski definition) is 2. The SMILES string of the molecule is CN(C)C(=NCCOC1CCCC1)N(C)C. The van der Waals surface area contributed by atoms with Crippen molar-refractivity contribution in [2.45, 2.75) is 31.8 Å². The van der Waals surface area contributed by atoms with Gasteiger partial charge in [-0.3, -0.25) is 4.99 Å². The van der Waals surface area contributed by atoms with E-state index in [1.54, 1.807) is 0 Å². The Morgan fingerprint density at radius 2 is 1.69 bits per heavy atom. The van der Waals surface area contributed by atoms with E-state index in [2.05, 4.69) is 4.99 Å². The molecule has 1 fully saturated rings. The van der Waals surface area contributed by atoms with E-state index in [4.69, 9.17) is 4.74 Å². The van der Waals surface area contributed by atoms with Crippen LogP contribution in [0.5, 0.6) is 0 Å². The van der Waals surface area contributed by atoms with Crippen LogP contribution in [-0.2, 0) is 4.74 Å². The van der Waals surface area contributed by atoms with Crippen LogP contribution in [0.25, 0.3) is 0 Å². The molecule has 0 aromatic rings. The Kier molecular flexibility index (Phi) is 5.60. The standard InChI is InChI=1S/C12H25N3O/c1-14(2)12(15(3)4)13-9-10-16-11-7-5-6-8-11/h11H,5-10H2,1-4H3. The third-order valence-corrected chi connectivity index (χ3v) is 2.80. The molecule has 0 atom stereocenters. The lowest BCUT2D eigenvalue weighted by Gasteiger charge is -2.22. The molecule has 4 nitrogen and oxygen atoms in total. The molecule has 0 saturated heterocycles. The normalized spacial score (nSPS) is 16.2. The Bertz CT molecular complexity index is 210. The van der Waals surface area contributed by atoms with Crippen molar-refractivity contribution in [3.63, 3.8) is 0 Å². The van der Waals surface area contributed by atoms with Crippen molar-refractivity contribution in [2.24, 2.45) is 4.99 Å². The summed E-state index contributed by atoms with van der Waals surface area (Å²) < 4.78 is 5.77. The highest BCUT2D eigenvalue weighted by molar-refractivity contribution is 5.79. The van der Waals surface area contributed by atoms with Crippen LogP contribution in [-0.4, -0.2) is 63.2 Å². The highest BCUT2D eigenvalue weighted by atomic mass is 16.5. The molecule has 0 heterocycles. The lowest BCUT2D eigenvalue weighted by molar-refractivity contribution is 0.0641. The largest absolute Gasteiger partial charge is 0.376 e. The molecule has 0 N–H and O–H groups in total. The van der Waals surface area contributed by atoms with Gasteiger partial charge in [-0.15, -0.1) is 0 Å². The Labute approximate surface area is 99.3 Å². The van der Waals surface area contributed by atoms with E-state index < -0.39 is 0 Å². The molecule has 16 heavy (non-hydrogen) atoms. The molecule has 0 aromatic heterocycles. The van der Waals surface area contributed by atoms with Gasteiger partial charge < -0.3 is 14.5 Å². The summed E-state index contributed by atoms with van der Waals surface area (Å²) in [6.07, 6.45) is 5.62. The van der Waals surface area contributed by atoms with Crippen molar-refractivity contribution in [3.8, 4) is 0 Å². The molecule has 0 radical (unpaired) electrons. The fraction of sp³-hybridized carbons (Fsp3) is 0.917. The van der Waals surface area contributed by atoms with E-state index in [0.29, 0.717) is 6.10 Å². The van der Waals surface area contributed by atoms with Crippen LogP contribution in [0, 0.1) is 0 Å². The molecule has 0 unspecified atom stereocenters. The third kappa shape index (κ3) is 4.39. The molecule has 1 aliphatic rings. The molecule has 0 spiro atoms. The molecule has 4 heteroatoms. The molecule has 1 aliphatic carbocycles. The van der Waals surface area contributed by atoms with Crippen molar-refractivity contribution in [3.05, 3.63) is 0 Å². The Morgan fingerprint density at radius 3 is 2.19 bits per heavy atom. The van der Waals surface area contributed by atoms with Gasteiger partial charge in [-0.05, 0) is 12.8 Å². The maximum Gasteiger partial charge on any atom is 0.195 e. The van der Waals surface area contributed by atoms with Gasteiger partial charge in [-0.2, -0.15) is 0 Å². The molecule has 94 valence electrons. The lowest BCUT2D eigenvalue weighted by Crippen LogP contribution is -2.35.